The number of para-hydroxylation sites is 1. The van der Waals surface area contributed by atoms with Crippen molar-refractivity contribution in [3.8, 4) is 5.75 Å². The van der Waals surface area contributed by atoms with Gasteiger partial charge in [-0.25, -0.2) is 4.79 Å². The van der Waals surface area contributed by atoms with Gasteiger partial charge in [-0.2, -0.15) is 0 Å². The number of nitrogens with one attached hydrogen (secondary N) is 2. The highest BCUT2D eigenvalue weighted by Crippen LogP contribution is 2.27. The molecule has 33 heavy (non-hydrogen) atoms. The number of aliphatic hydroxyl groups excluding tert-OH is 1. The molecule has 1 aromatic carbocycles. The van der Waals surface area contributed by atoms with Crippen LogP contribution in [0.1, 0.15) is 56.9 Å². The van der Waals surface area contributed by atoms with Crippen LogP contribution in [0.5, 0.6) is 5.75 Å². The van der Waals surface area contributed by atoms with Crippen molar-refractivity contribution >= 4 is 17.9 Å². The molecule has 1 aliphatic carbocycles. The van der Waals surface area contributed by atoms with E-state index >= 15 is 0 Å². The van der Waals surface area contributed by atoms with Crippen LogP contribution in [-0.4, -0.2) is 64.9 Å². The lowest BCUT2D eigenvalue weighted by atomic mass is 9.84. The molecule has 3 amide bonds. The van der Waals surface area contributed by atoms with Gasteiger partial charge >= 0.3 is 6.09 Å². The van der Waals surface area contributed by atoms with Crippen LogP contribution in [0.4, 0.5) is 4.79 Å². The minimum Gasteiger partial charge on any atom is -0.491 e. The largest absolute Gasteiger partial charge is 0.491 e. The molecule has 1 heterocycles. The predicted octanol–water partition coefficient (Wildman–Crippen LogP) is 2.27. The minimum atomic E-state index is -1.25. The molecule has 0 saturated heterocycles. The van der Waals surface area contributed by atoms with Crippen molar-refractivity contribution in [1.82, 2.24) is 15.5 Å². The molecule has 0 aromatic heterocycles. The Hall–Kier alpha value is -2.81. The van der Waals surface area contributed by atoms with Gasteiger partial charge in [0, 0.05) is 18.5 Å². The van der Waals surface area contributed by atoms with Gasteiger partial charge in [-0.15, -0.1) is 0 Å². The van der Waals surface area contributed by atoms with Gasteiger partial charge in [-0.3, -0.25) is 9.59 Å². The molecular weight excluding hydrogens is 426 g/mol. The molecule has 1 saturated carbocycles. The molecular formula is C24H35N3O6. The van der Waals surface area contributed by atoms with E-state index in [0.717, 1.165) is 37.0 Å². The Labute approximate surface area is 194 Å². The molecule has 4 N–H and O–H groups in total. The molecule has 2 atom stereocenters. The summed E-state index contributed by atoms with van der Waals surface area (Å²) in [6.07, 6.45) is 4.98. The van der Waals surface area contributed by atoms with Crippen LogP contribution in [0, 0.1) is 5.92 Å². The van der Waals surface area contributed by atoms with E-state index in [2.05, 4.69) is 10.6 Å². The number of aliphatic hydroxyl groups is 1. The van der Waals surface area contributed by atoms with Crippen LogP contribution in [0.2, 0.25) is 0 Å². The first-order chi connectivity index (χ1) is 16.0. The lowest BCUT2D eigenvalue weighted by Crippen LogP contribution is -2.51. The highest BCUT2D eigenvalue weighted by molar-refractivity contribution is 5.85. The predicted molar refractivity (Wildman–Crippen MR) is 122 cm³/mol. The molecule has 0 radical (unpaired) electrons. The van der Waals surface area contributed by atoms with E-state index < -0.39 is 24.1 Å². The Morgan fingerprint density at radius 2 is 1.88 bits per heavy atom. The fourth-order valence-electron chi connectivity index (χ4n) is 4.64. The number of carboxylic acid groups (broad SMARTS) is 1. The number of carbonyl (C=O) groups excluding carboxylic acids is 2. The van der Waals surface area contributed by atoms with Crippen LogP contribution < -0.4 is 15.4 Å². The van der Waals surface area contributed by atoms with Crippen LogP contribution in [-0.2, 0) is 16.1 Å². The summed E-state index contributed by atoms with van der Waals surface area (Å²) in [4.78, 5) is 38.5. The summed E-state index contributed by atoms with van der Waals surface area (Å²) in [6.45, 7) is 1.01. The van der Waals surface area contributed by atoms with E-state index in [-0.39, 0.29) is 25.4 Å². The molecule has 0 unspecified atom stereocenters. The van der Waals surface area contributed by atoms with Crippen molar-refractivity contribution in [2.24, 2.45) is 5.92 Å². The number of carbonyl (C=O) groups is 3. The maximum absolute atomic E-state index is 12.8. The Bertz CT molecular complexity index is 811. The number of hydrogen-bond donors (Lipinski definition) is 4. The van der Waals surface area contributed by atoms with Gasteiger partial charge in [0.1, 0.15) is 18.4 Å². The van der Waals surface area contributed by atoms with Gasteiger partial charge in [0.15, 0.2) is 0 Å². The first kappa shape index (κ1) is 24.8. The van der Waals surface area contributed by atoms with E-state index in [9.17, 15) is 19.5 Å². The third-order valence-corrected chi connectivity index (χ3v) is 6.49. The number of ether oxygens (including phenoxy) is 1. The van der Waals surface area contributed by atoms with Crippen LogP contribution in [0.25, 0.3) is 0 Å². The fraction of sp³-hybridized carbons (Fsp3) is 0.625. The minimum absolute atomic E-state index is 0.0783. The Kier molecular flexibility index (Phi) is 9.35. The van der Waals surface area contributed by atoms with E-state index in [0.29, 0.717) is 32.0 Å². The molecule has 9 nitrogen and oxygen atoms in total. The van der Waals surface area contributed by atoms with Gasteiger partial charge in [-0.05, 0) is 24.8 Å². The molecule has 1 fully saturated rings. The topological polar surface area (TPSA) is 128 Å². The lowest BCUT2D eigenvalue weighted by molar-refractivity contribution is -0.132. The average Bonchev–Trinajstić information content (AvgIpc) is 3.04. The monoisotopic (exact) mass is 461 g/mol. The summed E-state index contributed by atoms with van der Waals surface area (Å²) in [5.74, 6) is 0.559. The molecule has 1 aromatic rings. The summed E-state index contributed by atoms with van der Waals surface area (Å²) in [5, 5.41) is 24.0. The first-order valence-corrected chi connectivity index (χ1v) is 11.9. The van der Waals surface area contributed by atoms with Crippen molar-refractivity contribution in [3.63, 3.8) is 0 Å². The third kappa shape index (κ3) is 7.63. The van der Waals surface area contributed by atoms with Gasteiger partial charge in [0.2, 0.25) is 11.8 Å². The van der Waals surface area contributed by atoms with Crippen LogP contribution in [0.3, 0.4) is 0 Å². The van der Waals surface area contributed by atoms with E-state index in [1.165, 1.54) is 6.42 Å². The van der Waals surface area contributed by atoms with Crippen molar-refractivity contribution in [2.75, 3.05) is 19.8 Å². The van der Waals surface area contributed by atoms with Gasteiger partial charge in [0.25, 0.3) is 0 Å². The smallest absolute Gasteiger partial charge is 0.405 e. The zero-order valence-corrected chi connectivity index (χ0v) is 19.0. The van der Waals surface area contributed by atoms with Gasteiger partial charge in [-0.1, -0.05) is 50.3 Å². The SMILES string of the molecule is O=C(O)N[C@@H](CC1CCCCC1)C(=O)N[C@H](CO)CCC(=O)N1CCOc2ccccc2C1. The number of rotatable bonds is 9. The summed E-state index contributed by atoms with van der Waals surface area (Å²) >= 11 is 0. The molecule has 0 spiro atoms. The molecule has 182 valence electrons. The average molecular weight is 462 g/mol. The second-order valence-electron chi connectivity index (χ2n) is 8.94. The third-order valence-electron chi connectivity index (χ3n) is 6.49. The molecule has 3 rings (SSSR count). The standard InChI is InChI=1S/C24H35N3O6/c28-16-19(25-23(30)20(26-24(31)32)14-17-6-2-1-3-7-17)10-11-22(29)27-12-13-33-21-9-5-4-8-18(21)15-27/h4-5,8-9,17,19-20,26,28H,1-3,6-7,10-16H2,(H,25,30)(H,31,32)/t19-,20-/m0/s1. The molecule has 1 aliphatic heterocycles. The second-order valence-corrected chi connectivity index (χ2v) is 8.94. The molecule has 9 heteroatoms. The zero-order valence-electron chi connectivity index (χ0n) is 19.0. The zero-order chi connectivity index (χ0) is 23.6. The second kappa shape index (κ2) is 12.4. The Balaban J connectivity index is 1.52. The quantitative estimate of drug-likeness (QED) is 0.447. The van der Waals surface area contributed by atoms with E-state index in [4.69, 9.17) is 9.84 Å². The number of hydrogen-bond acceptors (Lipinski definition) is 5. The van der Waals surface area contributed by atoms with Crippen LogP contribution >= 0.6 is 0 Å². The number of fused-ring (bicyclic) bond motifs is 1. The van der Waals surface area contributed by atoms with Crippen molar-refractivity contribution in [3.05, 3.63) is 29.8 Å². The van der Waals surface area contributed by atoms with Crippen molar-refractivity contribution in [1.29, 1.82) is 0 Å². The highest BCUT2D eigenvalue weighted by atomic mass is 16.5. The summed E-state index contributed by atoms with van der Waals surface area (Å²) < 4.78 is 5.70. The number of benzene rings is 1. The normalized spacial score (nSPS) is 18.3. The highest BCUT2D eigenvalue weighted by Gasteiger charge is 2.28. The molecule has 0 bridgehead atoms. The van der Waals surface area contributed by atoms with Crippen molar-refractivity contribution < 1.29 is 29.3 Å². The summed E-state index contributed by atoms with van der Waals surface area (Å²) in [7, 11) is 0. The number of amides is 3. The van der Waals surface area contributed by atoms with Crippen molar-refractivity contribution in [2.45, 2.75) is 70.0 Å². The fourth-order valence-corrected chi connectivity index (χ4v) is 4.64. The number of nitrogens with zero attached hydrogens (tertiary/aromatic N) is 1. The summed E-state index contributed by atoms with van der Waals surface area (Å²) in [6, 6.07) is 6.12. The Morgan fingerprint density at radius 1 is 1.12 bits per heavy atom. The van der Waals surface area contributed by atoms with Gasteiger partial charge < -0.3 is 30.5 Å². The Morgan fingerprint density at radius 3 is 2.61 bits per heavy atom. The van der Waals surface area contributed by atoms with Gasteiger partial charge in [0.05, 0.1) is 19.2 Å². The first-order valence-electron chi connectivity index (χ1n) is 11.9. The molecule has 2 aliphatic rings. The van der Waals surface area contributed by atoms with Crippen LogP contribution in [0.15, 0.2) is 24.3 Å². The van der Waals surface area contributed by atoms with E-state index in [1.807, 2.05) is 24.3 Å². The maximum atomic E-state index is 12.8. The summed E-state index contributed by atoms with van der Waals surface area (Å²) in [5.41, 5.74) is 0.945. The van der Waals surface area contributed by atoms with E-state index in [1.54, 1.807) is 4.90 Å². The maximum Gasteiger partial charge on any atom is 0.405 e. The lowest BCUT2D eigenvalue weighted by Gasteiger charge is -2.27.